The molecule has 0 aliphatic carbocycles. The molecule has 1 aromatic rings. The van der Waals surface area contributed by atoms with Crippen LogP contribution < -0.4 is 0 Å². The Hall–Kier alpha value is -1.17. The fraction of sp³-hybridized carbons (Fsp3) is 0.200. The molecule has 3 nitrogen and oxygen atoms in total. The van der Waals surface area contributed by atoms with Crippen LogP contribution in [0.3, 0.4) is 0 Å². The average molecular weight is 166 g/mol. The van der Waals surface area contributed by atoms with Crippen molar-refractivity contribution in [3.63, 3.8) is 0 Å². The summed E-state index contributed by atoms with van der Waals surface area (Å²) in [6, 6.07) is 1.33. The van der Waals surface area contributed by atoms with Crippen molar-refractivity contribution in [3.05, 3.63) is 24.3 Å². The van der Waals surface area contributed by atoms with Crippen molar-refractivity contribution in [2.24, 2.45) is 0 Å². The van der Waals surface area contributed by atoms with Gasteiger partial charge in [-0.1, -0.05) is 0 Å². The summed E-state index contributed by atoms with van der Waals surface area (Å²) in [5, 5.41) is 0. The van der Waals surface area contributed by atoms with Crippen molar-refractivity contribution >= 4 is 0 Å². The summed E-state index contributed by atoms with van der Waals surface area (Å²) >= 11 is 0. The summed E-state index contributed by atoms with van der Waals surface area (Å²) in [6.07, 6.45) is -2.33. The zero-order chi connectivity index (χ0) is 7.61. The lowest BCUT2D eigenvalue weighted by molar-refractivity contribution is -0.145. The molecule has 62 valence electrons. The normalized spacial score (nSPS) is 10.5. The van der Waals surface area contributed by atoms with Crippen molar-refractivity contribution < 1.29 is 18.6 Å². The van der Waals surface area contributed by atoms with Crippen LogP contribution in [0.1, 0.15) is 5.82 Å². The minimum Gasteiger partial charge on any atom is -0.412 e. The zero-order valence-electron chi connectivity index (χ0n) is 5.26. The molecule has 0 amide bonds. The molecule has 0 aliphatic heterocycles. The van der Waals surface area contributed by atoms with Crippen LogP contribution in [-0.2, 0) is 6.18 Å². The largest absolute Gasteiger partial charge is 0.451 e. The molecule has 1 rings (SSSR count). The highest BCUT2D eigenvalue weighted by Gasteiger charge is 2.33. The molecule has 0 saturated carbocycles. The first-order valence-electron chi connectivity index (χ1n) is 2.45. The lowest BCUT2D eigenvalue weighted by atomic mass is 10.5. The maximum atomic E-state index is 11.7. The molecular formula is C5H5F3N2O. The predicted octanol–water partition coefficient (Wildman–Crippen LogP) is 0.671. The Morgan fingerprint density at radius 3 is 1.82 bits per heavy atom. The minimum absolute atomic E-state index is 0. The molecule has 2 N–H and O–H groups in total. The van der Waals surface area contributed by atoms with Gasteiger partial charge in [-0.25, -0.2) is 9.97 Å². The Morgan fingerprint density at radius 1 is 1.09 bits per heavy atom. The molecule has 0 bridgehead atoms. The number of halogens is 3. The monoisotopic (exact) mass is 166 g/mol. The summed E-state index contributed by atoms with van der Waals surface area (Å²) in [5.74, 6) is -1.10. The standard InChI is InChI=1S/C5H3F3N2.H2O/c6-5(7,8)4-9-2-1-3-10-4;/h1-3H;1H2. The van der Waals surface area contributed by atoms with Crippen molar-refractivity contribution in [1.29, 1.82) is 0 Å². The summed E-state index contributed by atoms with van der Waals surface area (Å²) in [5.41, 5.74) is 0. The minimum atomic E-state index is -4.43. The van der Waals surface area contributed by atoms with E-state index in [-0.39, 0.29) is 5.48 Å². The quantitative estimate of drug-likeness (QED) is 0.568. The lowest BCUT2D eigenvalue weighted by Crippen LogP contribution is -2.09. The molecule has 0 spiro atoms. The van der Waals surface area contributed by atoms with Crippen molar-refractivity contribution in [2.45, 2.75) is 6.18 Å². The third-order valence-electron chi connectivity index (χ3n) is 0.819. The van der Waals surface area contributed by atoms with E-state index in [2.05, 4.69) is 9.97 Å². The Labute approximate surface area is 60.2 Å². The Morgan fingerprint density at radius 2 is 1.55 bits per heavy atom. The number of aromatic nitrogens is 2. The van der Waals surface area contributed by atoms with Gasteiger partial charge in [0.2, 0.25) is 5.82 Å². The Bertz CT molecular complexity index is 211. The molecule has 0 atom stereocenters. The van der Waals surface area contributed by atoms with Crippen LogP contribution in [0.15, 0.2) is 18.5 Å². The third kappa shape index (κ3) is 2.50. The summed E-state index contributed by atoms with van der Waals surface area (Å²) in [4.78, 5) is 6.03. The first-order valence-corrected chi connectivity index (χ1v) is 2.45. The highest BCUT2D eigenvalue weighted by Crippen LogP contribution is 2.24. The summed E-state index contributed by atoms with van der Waals surface area (Å²) in [6.45, 7) is 0. The van der Waals surface area contributed by atoms with Crippen LogP contribution in [0.25, 0.3) is 0 Å². The van der Waals surface area contributed by atoms with E-state index < -0.39 is 12.0 Å². The molecule has 0 radical (unpaired) electrons. The molecule has 11 heavy (non-hydrogen) atoms. The van der Waals surface area contributed by atoms with Gasteiger partial charge in [-0.2, -0.15) is 13.2 Å². The van der Waals surface area contributed by atoms with Crippen LogP contribution in [-0.4, -0.2) is 15.4 Å². The highest BCUT2D eigenvalue weighted by atomic mass is 19.4. The van der Waals surface area contributed by atoms with Crippen LogP contribution >= 0.6 is 0 Å². The molecule has 1 heterocycles. The number of hydrogen-bond acceptors (Lipinski definition) is 2. The number of hydrogen-bond donors (Lipinski definition) is 0. The van der Waals surface area contributed by atoms with E-state index in [1.165, 1.54) is 6.07 Å². The van der Waals surface area contributed by atoms with Gasteiger partial charge in [0.15, 0.2) is 0 Å². The smallest absolute Gasteiger partial charge is 0.412 e. The molecule has 0 fully saturated rings. The maximum Gasteiger partial charge on any atom is 0.451 e. The van der Waals surface area contributed by atoms with E-state index in [0.29, 0.717) is 0 Å². The molecule has 1 aromatic heterocycles. The van der Waals surface area contributed by atoms with Crippen LogP contribution in [0, 0.1) is 0 Å². The van der Waals surface area contributed by atoms with Gasteiger partial charge >= 0.3 is 6.18 Å². The summed E-state index contributed by atoms with van der Waals surface area (Å²) in [7, 11) is 0. The van der Waals surface area contributed by atoms with E-state index in [1.807, 2.05) is 0 Å². The average Bonchev–Trinajstić information content (AvgIpc) is 1.88. The zero-order valence-corrected chi connectivity index (χ0v) is 5.26. The van der Waals surface area contributed by atoms with Gasteiger partial charge in [0.05, 0.1) is 0 Å². The first-order chi connectivity index (χ1) is 4.61. The first kappa shape index (κ1) is 9.83. The van der Waals surface area contributed by atoms with Gasteiger partial charge in [0, 0.05) is 12.4 Å². The number of nitrogens with zero attached hydrogens (tertiary/aromatic N) is 2. The van der Waals surface area contributed by atoms with E-state index in [9.17, 15) is 13.2 Å². The molecule has 0 saturated heterocycles. The second-order valence-electron chi connectivity index (χ2n) is 1.57. The van der Waals surface area contributed by atoms with Crippen LogP contribution in [0.5, 0.6) is 0 Å². The van der Waals surface area contributed by atoms with Gasteiger partial charge in [0.1, 0.15) is 0 Å². The molecule has 0 aromatic carbocycles. The number of alkyl halides is 3. The van der Waals surface area contributed by atoms with E-state index in [4.69, 9.17) is 0 Å². The highest BCUT2D eigenvalue weighted by molar-refractivity contribution is 4.92. The van der Waals surface area contributed by atoms with Crippen molar-refractivity contribution in [2.75, 3.05) is 0 Å². The van der Waals surface area contributed by atoms with Gasteiger partial charge in [-0.15, -0.1) is 0 Å². The Balaban J connectivity index is 0.000001000. The van der Waals surface area contributed by atoms with Crippen molar-refractivity contribution in [3.8, 4) is 0 Å². The molecular weight excluding hydrogens is 161 g/mol. The molecule has 0 aliphatic rings. The topological polar surface area (TPSA) is 57.3 Å². The fourth-order valence-electron chi connectivity index (χ4n) is 0.445. The van der Waals surface area contributed by atoms with Gasteiger partial charge in [-0.05, 0) is 6.07 Å². The van der Waals surface area contributed by atoms with E-state index >= 15 is 0 Å². The third-order valence-corrected chi connectivity index (χ3v) is 0.819. The second kappa shape index (κ2) is 3.29. The van der Waals surface area contributed by atoms with Crippen LogP contribution in [0.2, 0.25) is 0 Å². The lowest BCUT2D eigenvalue weighted by Gasteiger charge is -2.01. The van der Waals surface area contributed by atoms with Gasteiger partial charge < -0.3 is 5.48 Å². The van der Waals surface area contributed by atoms with E-state index in [0.717, 1.165) is 12.4 Å². The molecule has 6 heteroatoms. The molecule has 0 unspecified atom stereocenters. The SMILES string of the molecule is FC(F)(F)c1ncccn1.O. The predicted molar refractivity (Wildman–Crippen MR) is 30.6 cm³/mol. The summed E-state index contributed by atoms with van der Waals surface area (Å²) < 4.78 is 35.0. The Kier molecular flexibility index (Phi) is 2.94. The van der Waals surface area contributed by atoms with Crippen molar-refractivity contribution in [1.82, 2.24) is 9.97 Å². The fourth-order valence-corrected chi connectivity index (χ4v) is 0.445. The van der Waals surface area contributed by atoms with Crippen LogP contribution in [0.4, 0.5) is 13.2 Å². The van der Waals surface area contributed by atoms with Gasteiger partial charge in [-0.3, -0.25) is 0 Å². The van der Waals surface area contributed by atoms with Gasteiger partial charge in [0.25, 0.3) is 0 Å². The number of rotatable bonds is 0. The van der Waals surface area contributed by atoms with E-state index in [1.54, 1.807) is 0 Å². The second-order valence-corrected chi connectivity index (χ2v) is 1.57. The maximum absolute atomic E-state index is 11.7.